The number of rotatable bonds is 7. The molecule has 1 fully saturated rings. The summed E-state index contributed by atoms with van der Waals surface area (Å²) in [5.74, 6) is -0.393. The maximum Gasteiger partial charge on any atom is 0.306 e. The highest BCUT2D eigenvalue weighted by Gasteiger charge is 2.35. The second-order valence-corrected chi connectivity index (χ2v) is 6.74. The standard InChI is InChI=1S/C18H21FN4O3/c19-15-5-3-14(4-6-15)18(8-1-2-9-18)13-20-17(24)7-10-22-12-16(11-21-22)23(25)26/h3-6,11-12H,1-2,7-10,13H2,(H,20,24). The number of hydrogen-bond donors (Lipinski definition) is 1. The van der Waals surface area contributed by atoms with Crippen LogP contribution in [0.1, 0.15) is 37.7 Å². The van der Waals surface area contributed by atoms with E-state index in [-0.39, 0.29) is 35.8 Å². The number of carbonyl (C=O) groups is 1. The molecule has 1 aromatic heterocycles. The normalized spacial score (nSPS) is 15.7. The van der Waals surface area contributed by atoms with Crippen LogP contribution in [0, 0.1) is 15.9 Å². The van der Waals surface area contributed by atoms with Crippen molar-refractivity contribution in [2.45, 2.75) is 44.1 Å². The molecule has 1 heterocycles. The molecule has 1 aliphatic carbocycles. The van der Waals surface area contributed by atoms with Gasteiger partial charge >= 0.3 is 5.69 Å². The van der Waals surface area contributed by atoms with Gasteiger partial charge < -0.3 is 5.32 Å². The minimum atomic E-state index is -0.518. The number of aryl methyl sites for hydroxylation is 1. The fourth-order valence-corrected chi connectivity index (χ4v) is 3.56. The predicted molar refractivity (Wildman–Crippen MR) is 93.1 cm³/mol. The topological polar surface area (TPSA) is 90.1 Å². The molecule has 7 nitrogen and oxygen atoms in total. The lowest BCUT2D eigenvalue weighted by Gasteiger charge is -2.30. The van der Waals surface area contributed by atoms with Gasteiger partial charge in [-0.05, 0) is 30.5 Å². The molecule has 1 amide bonds. The molecule has 0 aliphatic heterocycles. The average Bonchev–Trinajstić information content (AvgIpc) is 3.29. The van der Waals surface area contributed by atoms with Crippen molar-refractivity contribution in [1.82, 2.24) is 15.1 Å². The maximum atomic E-state index is 13.2. The minimum absolute atomic E-state index is 0.0911. The molecule has 1 saturated carbocycles. The SMILES string of the molecule is O=C(CCn1cc([N+](=O)[O-])cn1)NCC1(c2ccc(F)cc2)CCCC1. The first-order chi connectivity index (χ1) is 12.5. The van der Waals surface area contributed by atoms with Crippen LogP contribution in [0.15, 0.2) is 36.7 Å². The van der Waals surface area contributed by atoms with Gasteiger partial charge in [0, 0.05) is 24.9 Å². The molecular formula is C18H21FN4O3. The van der Waals surface area contributed by atoms with E-state index in [2.05, 4.69) is 10.4 Å². The number of halogens is 1. The van der Waals surface area contributed by atoms with Gasteiger partial charge in [-0.25, -0.2) is 4.39 Å². The van der Waals surface area contributed by atoms with E-state index in [9.17, 15) is 19.3 Å². The summed E-state index contributed by atoms with van der Waals surface area (Å²) in [6, 6.07) is 6.52. The highest BCUT2D eigenvalue weighted by atomic mass is 19.1. The van der Waals surface area contributed by atoms with E-state index in [1.165, 1.54) is 29.2 Å². The van der Waals surface area contributed by atoms with Crippen molar-refractivity contribution in [2.75, 3.05) is 6.54 Å². The van der Waals surface area contributed by atoms with Gasteiger partial charge in [0.2, 0.25) is 5.91 Å². The van der Waals surface area contributed by atoms with Gasteiger partial charge in [0.15, 0.2) is 0 Å². The van der Waals surface area contributed by atoms with Gasteiger partial charge in [0.25, 0.3) is 0 Å². The van der Waals surface area contributed by atoms with Crippen molar-refractivity contribution in [3.63, 3.8) is 0 Å². The Morgan fingerprint density at radius 3 is 2.62 bits per heavy atom. The van der Waals surface area contributed by atoms with Gasteiger partial charge in [-0.15, -0.1) is 0 Å². The van der Waals surface area contributed by atoms with Crippen LogP contribution in [-0.2, 0) is 16.8 Å². The largest absolute Gasteiger partial charge is 0.355 e. The lowest BCUT2D eigenvalue weighted by atomic mass is 9.79. The summed E-state index contributed by atoms with van der Waals surface area (Å²) in [7, 11) is 0. The summed E-state index contributed by atoms with van der Waals surface area (Å²) in [5.41, 5.74) is 0.819. The lowest BCUT2D eigenvalue weighted by Crippen LogP contribution is -2.39. The Morgan fingerprint density at radius 1 is 1.31 bits per heavy atom. The zero-order chi connectivity index (χ0) is 18.6. The van der Waals surface area contributed by atoms with E-state index < -0.39 is 4.92 Å². The Labute approximate surface area is 150 Å². The van der Waals surface area contributed by atoms with E-state index >= 15 is 0 Å². The van der Waals surface area contributed by atoms with Crippen LogP contribution >= 0.6 is 0 Å². The molecule has 0 saturated heterocycles. The Balaban J connectivity index is 1.56. The zero-order valence-electron chi connectivity index (χ0n) is 14.4. The molecule has 0 radical (unpaired) electrons. The third kappa shape index (κ3) is 4.07. The van der Waals surface area contributed by atoms with Crippen molar-refractivity contribution in [1.29, 1.82) is 0 Å². The molecule has 1 aromatic carbocycles. The van der Waals surface area contributed by atoms with E-state index in [4.69, 9.17) is 0 Å². The summed E-state index contributed by atoms with van der Waals surface area (Å²) in [5, 5.41) is 17.5. The molecule has 1 aliphatic rings. The number of hydrogen-bond acceptors (Lipinski definition) is 4. The summed E-state index contributed by atoms with van der Waals surface area (Å²) in [4.78, 5) is 22.3. The third-order valence-corrected chi connectivity index (χ3v) is 5.04. The van der Waals surface area contributed by atoms with Gasteiger partial charge in [0.05, 0.1) is 4.92 Å². The van der Waals surface area contributed by atoms with Gasteiger partial charge in [-0.1, -0.05) is 25.0 Å². The quantitative estimate of drug-likeness (QED) is 0.607. The Morgan fingerprint density at radius 2 is 2.00 bits per heavy atom. The van der Waals surface area contributed by atoms with Gasteiger partial charge in [-0.2, -0.15) is 5.10 Å². The maximum absolute atomic E-state index is 13.2. The molecule has 26 heavy (non-hydrogen) atoms. The lowest BCUT2D eigenvalue weighted by molar-refractivity contribution is -0.385. The molecule has 0 bridgehead atoms. The summed E-state index contributed by atoms with van der Waals surface area (Å²) >= 11 is 0. The first kappa shape index (κ1) is 18.0. The van der Waals surface area contributed by atoms with Gasteiger partial charge in [0.1, 0.15) is 18.2 Å². The van der Waals surface area contributed by atoms with Crippen LogP contribution in [-0.4, -0.2) is 27.2 Å². The van der Waals surface area contributed by atoms with Crippen molar-refractivity contribution in [3.8, 4) is 0 Å². The van der Waals surface area contributed by atoms with Crippen molar-refractivity contribution in [2.24, 2.45) is 0 Å². The molecular weight excluding hydrogens is 339 g/mol. The number of benzene rings is 1. The second-order valence-electron chi connectivity index (χ2n) is 6.74. The highest BCUT2D eigenvalue weighted by molar-refractivity contribution is 5.76. The second kappa shape index (κ2) is 7.63. The van der Waals surface area contributed by atoms with Crippen molar-refractivity contribution >= 4 is 11.6 Å². The van der Waals surface area contributed by atoms with Gasteiger partial charge in [-0.3, -0.25) is 19.6 Å². The monoisotopic (exact) mass is 360 g/mol. The molecule has 0 spiro atoms. The molecule has 0 atom stereocenters. The number of nitrogens with zero attached hydrogens (tertiary/aromatic N) is 3. The minimum Gasteiger partial charge on any atom is -0.355 e. The molecule has 1 N–H and O–H groups in total. The van der Waals surface area contributed by atoms with Crippen LogP contribution in [0.25, 0.3) is 0 Å². The van der Waals surface area contributed by atoms with Crippen LogP contribution in [0.3, 0.4) is 0 Å². The van der Waals surface area contributed by atoms with E-state index in [1.54, 1.807) is 12.1 Å². The average molecular weight is 360 g/mol. The van der Waals surface area contributed by atoms with E-state index in [0.717, 1.165) is 31.2 Å². The Hall–Kier alpha value is -2.77. The number of nitrogens with one attached hydrogen (secondary N) is 1. The Bertz CT molecular complexity index is 782. The summed E-state index contributed by atoms with van der Waals surface area (Å²) in [6.45, 7) is 0.792. The predicted octanol–water partition coefficient (Wildman–Crippen LogP) is 2.95. The first-order valence-electron chi connectivity index (χ1n) is 8.68. The number of carbonyl (C=O) groups excluding carboxylic acids is 1. The highest BCUT2D eigenvalue weighted by Crippen LogP contribution is 2.40. The van der Waals surface area contributed by atoms with E-state index in [1.807, 2.05) is 0 Å². The molecule has 138 valence electrons. The number of aromatic nitrogens is 2. The molecule has 8 heteroatoms. The van der Waals surface area contributed by atoms with Crippen LogP contribution < -0.4 is 5.32 Å². The fraction of sp³-hybridized carbons (Fsp3) is 0.444. The number of amides is 1. The third-order valence-electron chi connectivity index (χ3n) is 5.04. The molecule has 0 unspecified atom stereocenters. The zero-order valence-corrected chi connectivity index (χ0v) is 14.4. The Kier molecular flexibility index (Phi) is 5.29. The van der Waals surface area contributed by atoms with E-state index in [0.29, 0.717) is 6.54 Å². The summed E-state index contributed by atoms with van der Waals surface area (Å²) in [6.07, 6.45) is 6.77. The van der Waals surface area contributed by atoms with Crippen LogP contribution in [0.4, 0.5) is 10.1 Å². The summed E-state index contributed by atoms with van der Waals surface area (Å²) < 4.78 is 14.6. The van der Waals surface area contributed by atoms with Crippen LogP contribution in [0.2, 0.25) is 0 Å². The fourth-order valence-electron chi connectivity index (χ4n) is 3.56. The molecule has 3 rings (SSSR count). The number of nitro groups is 1. The van der Waals surface area contributed by atoms with Crippen molar-refractivity contribution < 1.29 is 14.1 Å². The molecule has 2 aromatic rings. The smallest absolute Gasteiger partial charge is 0.306 e. The van der Waals surface area contributed by atoms with Crippen molar-refractivity contribution in [3.05, 3.63) is 58.2 Å². The van der Waals surface area contributed by atoms with Crippen LogP contribution in [0.5, 0.6) is 0 Å². The first-order valence-corrected chi connectivity index (χ1v) is 8.68.